The molecule has 1 atom stereocenters. The first kappa shape index (κ1) is 13.4. The van der Waals surface area contributed by atoms with Gasteiger partial charge in [-0.1, -0.05) is 22.0 Å². The van der Waals surface area contributed by atoms with Crippen LogP contribution in [-0.2, 0) is 0 Å². The Morgan fingerprint density at radius 3 is 2.78 bits per heavy atom. The van der Waals surface area contributed by atoms with Crippen LogP contribution in [0.15, 0.2) is 22.7 Å². The van der Waals surface area contributed by atoms with Crippen LogP contribution in [0.3, 0.4) is 0 Å². The van der Waals surface area contributed by atoms with Gasteiger partial charge in [0.25, 0.3) is 0 Å². The van der Waals surface area contributed by atoms with Gasteiger partial charge in [-0.15, -0.1) is 0 Å². The number of anilines is 1. The average Bonchev–Trinajstić information content (AvgIpc) is 3.13. The molecule has 1 N–H and O–H groups in total. The first-order valence-electron chi connectivity index (χ1n) is 6.24. The van der Waals surface area contributed by atoms with E-state index in [0.29, 0.717) is 12.5 Å². The molecular formula is C14H17BrN2O. The second-order valence-corrected chi connectivity index (χ2v) is 5.57. The number of halogens is 1. The van der Waals surface area contributed by atoms with E-state index >= 15 is 0 Å². The van der Waals surface area contributed by atoms with Gasteiger partial charge in [0.1, 0.15) is 0 Å². The van der Waals surface area contributed by atoms with Crippen molar-refractivity contribution in [1.82, 2.24) is 0 Å². The van der Waals surface area contributed by atoms with Crippen LogP contribution in [0.2, 0.25) is 0 Å². The third-order valence-electron chi connectivity index (χ3n) is 3.22. The number of nitriles is 1. The summed E-state index contributed by atoms with van der Waals surface area (Å²) in [6.45, 7) is 2.54. The largest absolute Gasteiger partial charge is 0.389 e. The first-order valence-corrected chi connectivity index (χ1v) is 7.04. The van der Waals surface area contributed by atoms with Crippen LogP contribution in [0.4, 0.5) is 5.69 Å². The minimum Gasteiger partial charge on any atom is -0.389 e. The summed E-state index contributed by atoms with van der Waals surface area (Å²) in [7, 11) is 0. The molecule has 1 aliphatic carbocycles. The van der Waals surface area contributed by atoms with Gasteiger partial charge in [0.15, 0.2) is 0 Å². The van der Waals surface area contributed by atoms with E-state index in [1.165, 1.54) is 12.8 Å². The van der Waals surface area contributed by atoms with E-state index < -0.39 is 6.10 Å². The molecule has 1 fully saturated rings. The molecule has 3 nitrogen and oxygen atoms in total. The molecule has 0 radical (unpaired) electrons. The Morgan fingerprint density at radius 2 is 2.28 bits per heavy atom. The molecule has 1 aromatic rings. The fourth-order valence-corrected chi connectivity index (χ4v) is 2.81. The highest BCUT2D eigenvalue weighted by Gasteiger charge is 2.29. The fraction of sp³-hybridized carbons (Fsp3) is 0.500. The quantitative estimate of drug-likeness (QED) is 0.907. The lowest BCUT2D eigenvalue weighted by atomic mass is 10.1. The summed E-state index contributed by atoms with van der Waals surface area (Å²) in [4.78, 5) is 2.29. The van der Waals surface area contributed by atoms with Crippen molar-refractivity contribution in [1.29, 1.82) is 5.26 Å². The highest BCUT2D eigenvalue weighted by molar-refractivity contribution is 9.10. The number of nitrogens with zero attached hydrogens (tertiary/aromatic N) is 2. The van der Waals surface area contributed by atoms with Crippen molar-refractivity contribution in [2.75, 3.05) is 11.4 Å². The molecule has 0 amide bonds. The van der Waals surface area contributed by atoms with Crippen molar-refractivity contribution in [2.24, 2.45) is 0 Å². The summed E-state index contributed by atoms with van der Waals surface area (Å²) in [5.74, 6) is 0. The lowest BCUT2D eigenvalue weighted by Crippen LogP contribution is -2.26. The van der Waals surface area contributed by atoms with Crippen LogP contribution in [0.25, 0.3) is 0 Å². The second kappa shape index (κ2) is 5.73. The maximum atomic E-state index is 9.61. The summed E-state index contributed by atoms with van der Waals surface area (Å²) >= 11 is 3.50. The fourth-order valence-electron chi connectivity index (χ4n) is 2.11. The predicted octanol–water partition coefficient (Wildman–Crippen LogP) is 3.38. The Hall–Kier alpha value is -1.05. The molecule has 1 saturated carbocycles. The molecule has 0 aliphatic heterocycles. The molecule has 0 unspecified atom stereocenters. The Balaban J connectivity index is 2.20. The van der Waals surface area contributed by atoms with E-state index in [1.807, 2.05) is 18.2 Å². The van der Waals surface area contributed by atoms with Gasteiger partial charge in [0.05, 0.1) is 18.6 Å². The number of aliphatic hydroxyl groups is 1. The highest BCUT2D eigenvalue weighted by atomic mass is 79.9. The molecule has 1 aliphatic rings. The molecule has 96 valence electrons. The van der Waals surface area contributed by atoms with Gasteiger partial charge < -0.3 is 10.0 Å². The van der Waals surface area contributed by atoms with Crippen molar-refractivity contribution in [3.63, 3.8) is 0 Å². The lowest BCUT2D eigenvalue weighted by Gasteiger charge is -2.24. The Bertz CT molecular complexity index is 463. The van der Waals surface area contributed by atoms with Crippen LogP contribution < -0.4 is 4.90 Å². The average molecular weight is 309 g/mol. The standard InChI is InChI=1S/C14H17BrN2O/c1-10(18)13-6-5-12(9-14(13)15)17(8-2-7-16)11-3-4-11/h5-6,9-11,18H,2-4,8H2,1H3/t10-/m0/s1. The number of hydrogen-bond donors (Lipinski definition) is 1. The summed E-state index contributed by atoms with van der Waals surface area (Å²) in [5, 5.41) is 18.3. The second-order valence-electron chi connectivity index (χ2n) is 4.71. The van der Waals surface area contributed by atoms with Gasteiger partial charge in [0, 0.05) is 22.7 Å². The molecule has 2 rings (SSSR count). The van der Waals surface area contributed by atoms with Gasteiger partial charge in [0.2, 0.25) is 0 Å². The monoisotopic (exact) mass is 308 g/mol. The first-order chi connectivity index (χ1) is 8.63. The molecule has 4 heteroatoms. The molecule has 0 spiro atoms. The molecular weight excluding hydrogens is 292 g/mol. The van der Waals surface area contributed by atoms with Crippen LogP contribution in [0.5, 0.6) is 0 Å². The number of rotatable bonds is 5. The van der Waals surface area contributed by atoms with Crippen molar-refractivity contribution >= 4 is 21.6 Å². The third-order valence-corrected chi connectivity index (χ3v) is 3.90. The van der Waals surface area contributed by atoms with Crippen molar-refractivity contribution in [2.45, 2.75) is 38.3 Å². The normalized spacial score (nSPS) is 16.1. The van der Waals surface area contributed by atoms with Crippen molar-refractivity contribution in [3.05, 3.63) is 28.2 Å². The van der Waals surface area contributed by atoms with E-state index in [9.17, 15) is 5.11 Å². The Morgan fingerprint density at radius 1 is 1.56 bits per heavy atom. The summed E-state index contributed by atoms with van der Waals surface area (Å²) in [6.07, 6.45) is 2.50. The molecule has 0 aromatic heterocycles. The lowest BCUT2D eigenvalue weighted by molar-refractivity contribution is 0.198. The molecule has 1 aromatic carbocycles. The molecule has 18 heavy (non-hydrogen) atoms. The summed E-state index contributed by atoms with van der Waals surface area (Å²) in [5.41, 5.74) is 2.03. The number of aliphatic hydroxyl groups excluding tert-OH is 1. The Labute approximate surface area is 116 Å². The van der Waals surface area contributed by atoms with E-state index in [0.717, 1.165) is 22.3 Å². The maximum Gasteiger partial charge on any atom is 0.0772 e. The van der Waals surface area contributed by atoms with Crippen LogP contribution in [-0.4, -0.2) is 17.7 Å². The SMILES string of the molecule is C[C@H](O)c1ccc(N(CCC#N)C2CC2)cc1Br. The van der Waals surface area contributed by atoms with Gasteiger partial charge >= 0.3 is 0 Å². The van der Waals surface area contributed by atoms with E-state index in [1.54, 1.807) is 6.92 Å². The topological polar surface area (TPSA) is 47.3 Å². The van der Waals surface area contributed by atoms with E-state index in [4.69, 9.17) is 5.26 Å². The molecule has 0 saturated heterocycles. The van der Waals surface area contributed by atoms with Gasteiger partial charge in [-0.2, -0.15) is 5.26 Å². The number of hydrogen-bond acceptors (Lipinski definition) is 3. The highest BCUT2D eigenvalue weighted by Crippen LogP contribution is 2.35. The number of benzene rings is 1. The zero-order chi connectivity index (χ0) is 13.1. The third kappa shape index (κ3) is 3.04. The minimum absolute atomic E-state index is 0.470. The minimum atomic E-state index is -0.470. The van der Waals surface area contributed by atoms with Gasteiger partial charge in [-0.05, 0) is 37.5 Å². The smallest absolute Gasteiger partial charge is 0.0772 e. The zero-order valence-electron chi connectivity index (χ0n) is 10.4. The predicted molar refractivity (Wildman–Crippen MR) is 75.4 cm³/mol. The maximum absolute atomic E-state index is 9.61. The molecule has 0 bridgehead atoms. The van der Waals surface area contributed by atoms with Gasteiger partial charge in [-0.25, -0.2) is 0 Å². The zero-order valence-corrected chi connectivity index (χ0v) is 12.0. The summed E-state index contributed by atoms with van der Waals surface area (Å²) < 4.78 is 0.928. The van der Waals surface area contributed by atoms with Gasteiger partial charge in [-0.3, -0.25) is 0 Å². The van der Waals surface area contributed by atoms with Crippen molar-refractivity contribution in [3.8, 4) is 6.07 Å². The van der Waals surface area contributed by atoms with Crippen molar-refractivity contribution < 1.29 is 5.11 Å². The van der Waals surface area contributed by atoms with E-state index in [2.05, 4.69) is 26.9 Å². The van der Waals surface area contributed by atoms with Crippen LogP contribution in [0.1, 0.15) is 37.9 Å². The van der Waals surface area contributed by atoms with Crippen LogP contribution in [0, 0.1) is 11.3 Å². The Kier molecular flexibility index (Phi) is 4.26. The summed E-state index contributed by atoms with van der Waals surface area (Å²) in [6, 6.07) is 8.81. The van der Waals surface area contributed by atoms with E-state index in [-0.39, 0.29) is 0 Å². The van der Waals surface area contributed by atoms with Crippen LogP contribution >= 0.6 is 15.9 Å². The molecule has 0 heterocycles.